The molecular weight excluding hydrogens is 344 g/mol. The molecule has 0 fully saturated rings. The summed E-state index contributed by atoms with van der Waals surface area (Å²) in [6.07, 6.45) is -3.74. The summed E-state index contributed by atoms with van der Waals surface area (Å²) in [6.45, 7) is 4.87. The highest BCUT2D eigenvalue weighted by Crippen LogP contribution is 2.19. The van der Waals surface area contributed by atoms with E-state index in [-0.39, 0.29) is 18.1 Å². The largest absolute Gasteiger partial charge is 0.478 e. The number of aliphatic carboxylic acids is 1. The van der Waals surface area contributed by atoms with Crippen molar-refractivity contribution in [1.82, 2.24) is 0 Å². The van der Waals surface area contributed by atoms with Crippen LogP contribution >= 0.6 is 0 Å². The van der Waals surface area contributed by atoms with Gasteiger partial charge in [0.05, 0.1) is 13.0 Å². The molecule has 0 unspecified atom stereocenters. The van der Waals surface area contributed by atoms with E-state index in [4.69, 9.17) is 14.2 Å². The van der Waals surface area contributed by atoms with Crippen molar-refractivity contribution >= 4 is 23.9 Å². The first-order valence-electron chi connectivity index (χ1n) is 8.01. The number of hydrogen-bond acceptors (Lipinski definition) is 7. The van der Waals surface area contributed by atoms with E-state index in [1.165, 1.54) is 12.1 Å². The van der Waals surface area contributed by atoms with Crippen molar-refractivity contribution in [3.8, 4) is 0 Å². The van der Waals surface area contributed by atoms with Gasteiger partial charge < -0.3 is 19.3 Å². The topological polar surface area (TPSA) is 116 Å². The van der Waals surface area contributed by atoms with E-state index < -0.39 is 42.5 Å². The highest BCUT2D eigenvalue weighted by Gasteiger charge is 2.32. The van der Waals surface area contributed by atoms with Gasteiger partial charge in [-0.15, -0.1) is 0 Å². The van der Waals surface area contributed by atoms with Crippen LogP contribution in [0.25, 0.3) is 0 Å². The van der Waals surface area contributed by atoms with Crippen molar-refractivity contribution in [2.45, 2.75) is 39.4 Å². The average Bonchev–Trinajstić information content (AvgIpc) is 2.57. The summed E-state index contributed by atoms with van der Waals surface area (Å²) in [5.74, 6) is -4.01. The van der Waals surface area contributed by atoms with E-state index in [0.717, 1.165) is 6.92 Å². The molecule has 142 valence electrons. The number of esters is 3. The van der Waals surface area contributed by atoms with Gasteiger partial charge in [-0.2, -0.15) is 0 Å². The zero-order chi connectivity index (χ0) is 19.7. The van der Waals surface area contributed by atoms with Gasteiger partial charge in [0.25, 0.3) is 0 Å². The molecule has 0 aliphatic rings. The standard InChI is InChI=1S/C18H22O8/c1-11(2)10-24-15(20)9-14(25-12(3)19)18(23)26-16(17(21)22)13-7-5-4-6-8-13/h4-8,11,14,16H,9-10H2,1-3H3,(H,21,22)/t14-,16-/m0/s1. The monoisotopic (exact) mass is 366 g/mol. The van der Waals surface area contributed by atoms with E-state index in [1.807, 2.05) is 13.8 Å². The fourth-order valence-corrected chi connectivity index (χ4v) is 1.92. The Bertz CT molecular complexity index is 638. The van der Waals surface area contributed by atoms with Crippen LogP contribution in [-0.2, 0) is 33.4 Å². The van der Waals surface area contributed by atoms with E-state index in [1.54, 1.807) is 18.2 Å². The summed E-state index contributed by atoms with van der Waals surface area (Å²) in [5.41, 5.74) is 0.234. The summed E-state index contributed by atoms with van der Waals surface area (Å²) in [5, 5.41) is 9.29. The van der Waals surface area contributed by atoms with E-state index >= 15 is 0 Å². The van der Waals surface area contributed by atoms with Crippen molar-refractivity contribution in [3.05, 3.63) is 35.9 Å². The van der Waals surface area contributed by atoms with Gasteiger partial charge in [-0.1, -0.05) is 44.2 Å². The Balaban J connectivity index is 2.85. The number of ether oxygens (including phenoxy) is 3. The Morgan fingerprint density at radius 3 is 2.15 bits per heavy atom. The molecule has 0 saturated carbocycles. The lowest BCUT2D eigenvalue weighted by molar-refractivity contribution is -0.179. The Morgan fingerprint density at radius 2 is 1.65 bits per heavy atom. The zero-order valence-electron chi connectivity index (χ0n) is 14.8. The van der Waals surface area contributed by atoms with Gasteiger partial charge >= 0.3 is 23.9 Å². The number of rotatable bonds is 9. The van der Waals surface area contributed by atoms with Gasteiger partial charge in [-0.3, -0.25) is 9.59 Å². The second kappa shape index (κ2) is 10.2. The molecule has 0 aliphatic carbocycles. The lowest BCUT2D eigenvalue weighted by Crippen LogP contribution is -2.34. The average molecular weight is 366 g/mol. The summed E-state index contributed by atoms with van der Waals surface area (Å²) in [4.78, 5) is 46.7. The molecule has 1 aromatic carbocycles. The highest BCUT2D eigenvalue weighted by molar-refractivity contribution is 5.86. The van der Waals surface area contributed by atoms with Crippen molar-refractivity contribution in [1.29, 1.82) is 0 Å². The lowest BCUT2D eigenvalue weighted by Gasteiger charge is -2.19. The number of carbonyl (C=O) groups is 4. The smallest absolute Gasteiger partial charge is 0.349 e. The van der Waals surface area contributed by atoms with Gasteiger partial charge in [0.15, 0.2) is 0 Å². The fourth-order valence-electron chi connectivity index (χ4n) is 1.92. The number of hydrogen-bond donors (Lipinski definition) is 1. The molecule has 0 radical (unpaired) electrons. The summed E-state index contributed by atoms with van der Waals surface area (Å²) >= 11 is 0. The molecule has 0 saturated heterocycles. The maximum absolute atomic E-state index is 12.3. The maximum Gasteiger partial charge on any atom is 0.349 e. The van der Waals surface area contributed by atoms with Crippen molar-refractivity contribution in [2.24, 2.45) is 5.92 Å². The maximum atomic E-state index is 12.3. The summed E-state index contributed by atoms with van der Waals surface area (Å²) < 4.78 is 14.7. The molecule has 8 nitrogen and oxygen atoms in total. The molecule has 0 heterocycles. The molecule has 2 atom stereocenters. The lowest BCUT2D eigenvalue weighted by atomic mass is 10.1. The van der Waals surface area contributed by atoms with Crippen molar-refractivity contribution < 1.29 is 38.5 Å². The first kappa shape index (κ1) is 21.1. The third-order valence-electron chi connectivity index (χ3n) is 3.06. The third-order valence-corrected chi connectivity index (χ3v) is 3.06. The van der Waals surface area contributed by atoms with Crippen LogP contribution in [0.1, 0.15) is 38.9 Å². The van der Waals surface area contributed by atoms with Crippen molar-refractivity contribution in [2.75, 3.05) is 6.61 Å². The molecule has 0 bridgehead atoms. The highest BCUT2D eigenvalue weighted by atomic mass is 16.6. The van der Waals surface area contributed by atoms with Crippen LogP contribution in [0.2, 0.25) is 0 Å². The quantitative estimate of drug-likeness (QED) is 0.520. The SMILES string of the molecule is CC(=O)O[C@@H](CC(=O)OCC(C)C)C(=O)O[C@H](C(=O)O)c1ccccc1. The number of carboxylic acid groups (broad SMARTS) is 1. The van der Waals surface area contributed by atoms with Crippen molar-refractivity contribution in [3.63, 3.8) is 0 Å². The van der Waals surface area contributed by atoms with Gasteiger partial charge in [-0.25, -0.2) is 9.59 Å². The second-order valence-corrected chi connectivity index (χ2v) is 5.94. The Kier molecular flexibility index (Phi) is 8.27. The van der Waals surface area contributed by atoms with Gasteiger partial charge in [0.2, 0.25) is 12.2 Å². The minimum atomic E-state index is -1.59. The molecule has 0 aliphatic heterocycles. The molecule has 1 N–H and O–H groups in total. The van der Waals surface area contributed by atoms with Crippen LogP contribution in [-0.4, -0.2) is 41.7 Å². The Morgan fingerprint density at radius 1 is 1.04 bits per heavy atom. The minimum Gasteiger partial charge on any atom is -0.478 e. The number of carboxylic acids is 1. The first-order valence-corrected chi connectivity index (χ1v) is 8.01. The van der Waals surface area contributed by atoms with Crippen LogP contribution in [0.3, 0.4) is 0 Å². The molecule has 0 aromatic heterocycles. The molecule has 8 heteroatoms. The first-order chi connectivity index (χ1) is 12.2. The van der Waals surface area contributed by atoms with Gasteiger partial charge in [-0.05, 0) is 5.92 Å². The van der Waals surface area contributed by atoms with E-state index in [0.29, 0.717) is 0 Å². The van der Waals surface area contributed by atoms with Crippen LogP contribution in [0.5, 0.6) is 0 Å². The third kappa shape index (κ3) is 7.33. The molecule has 1 aromatic rings. The Hall–Kier alpha value is -2.90. The molecule has 0 amide bonds. The summed E-state index contributed by atoms with van der Waals surface area (Å²) in [7, 11) is 0. The molecule has 0 spiro atoms. The molecule has 26 heavy (non-hydrogen) atoms. The van der Waals surface area contributed by atoms with Crippen LogP contribution in [0.15, 0.2) is 30.3 Å². The number of benzene rings is 1. The van der Waals surface area contributed by atoms with E-state index in [2.05, 4.69) is 0 Å². The normalized spacial score (nSPS) is 12.8. The van der Waals surface area contributed by atoms with Crippen LogP contribution in [0.4, 0.5) is 0 Å². The molecular formula is C18H22O8. The predicted octanol–water partition coefficient (Wildman–Crippen LogP) is 1.88. The summed E-state index contributed by atoms with van der Waals surface area (Å²) in [6, 6.07) is 7.81. The molecule has 1 rings (SSSR count). The van der Waals surface area contributed by atoms with Gasteiger partial charge in [0, 0.05) is 12.5 Å². The van der Waals surface area contributed by atoms with Gasteiger partial charge in [0.1, 0.15) is 0 Å². The van der Waals surface area contributed by atoms with Crippen LogP contribution < -0.4 is 0 Å². The van der Waals surface area contributed by atoms with E-state index in [9.17, 15) is 24.3 Å². The van der Waals surface area contributed by atoms with Crippen LogP contribution in [0, 0.1) is 5.92 Å². The number of carbonyl (C=O) groups excluding carboxylic acids is 3. The predicted molar refractivity (Wildman–Crippen MR) is 88.9 cm³/mol. The Labute approximate surface area is 151 Å². The fraction of sp³-hybridized carbons (Fsp3) is 0.444. The zero-order valence-corrected chi connectivity index (χ0v) is 14.8. The second-order valence-electron chi connectivity index (χ2n) is 5.94. The minimum absolute atomic E-state index is 0.0903.